The molecule has 2 N–H and O–H groups in total. The van der Waals surface area contributed by atoms with E-state index in [2.05, 4.69) is 10.6 Å². The molecule has 6 heteroatoms. The van der Waals surface area contributed by atoms with Crippen LogP contribution in [-0.2, 0) is 9.59 Å². The molecule has 2 aromatic carbocycles. The number of nitrogens with one attached hydrogen (secondary N) is 2. The van der Waals surface area contributed by atoms with Crippen molar-refractivity contribution in [2.45, 2.75) is 12.5 Å². The number of halogens is 1. The van der Waals surface area contributed by atoms with Gasteiger partial charge in [0.1, 0.15) is 11.9 Å². The second-order valence-electron chi connectivity index (χ2n) is 4.87. The van der Waals surface area contributed by atoms with Gasteiger partial charge in [-0.05, 0) is 36.4 Å². The molecule has 0 aliphatic carbocycles. The van der Waals surface area contributed by atoms with Gasteiger partial charge in [0.05, 0.1) is 12.1 Å². The third-order valence-electron chi connectivity index (χ3n) is 3.23. The van der Waals surface area contributed by atoms with Crippen LogP contribution in [0.5, 0.6) is 5.75 Å². The number of fused-ring (bicyclic) bond motifs is 1. The smallest absolute Gasteiger partial charge is 0.334 e. The SMILES string of the molecule is O=C(C[C@H]1Nc2ccccc2OC1=O)Nc1ccc(F)cc1. The fraction of sp³-hybridized carbons (Fsp3) is 0.125. The lowest BCUT2D eigenvalue weighted by Crippen LogP contribution is -2.39. The van der Waals surface area contributed by atoms with Crippen molar-refractivity contribution >= 4 is 23.3 Å². The van der Waals surface area contributed by atoms with E-state index < -0.39 is 12.0 Å². The van der Waals surface area contributed by atoms with E-state index in [0.29, 0.717) is 17.1 Å². The molecule has 112 valence electrons. The van der Waals surface area contributed by atoms with Gasteiger partial charge in [-0.1, -0.05) is 12.1 Å². The lowest BCUT2D eigenvalue weighted by atomic mass is 10.1. The first-order chi connectivity index (χ1) is 10.6. The highest BCUT2D eigenvalue weighted by molar-refractivity contribution is 5.97. The summed E-state index contributed by atoms with van der Waals surface area (Å²) < 4.78 is 18.0. The van der Waals surface area contributed by atoms with Crippen molar-refractivity contribution in [1.82, 2.24) is 0 Å². The number of carbonyl (C=O) groups is 2. The third-order valence-corrected chi connectivity index (χ3v) is 3.23. The Balaban J connectivity index is 1.64. The fourth-order valence-electron chi connectivity index (χ4n) is 2.17. The van der Waals surface area contributed by atoms with E-state index in [9.17, 15) is 14.0 Å². The highest BCUT2D eigenvalue weighted by Gasteiger charge is 2.29. The second-order valence-corrected chi connectivity index (χ2v) is 4.87. The highest BCUT2D eigenvalue weighted by atomic mass is 19.1. The molecule has 0 fully saturated rings. The van der Waals surface area contributed by atoms with Crippen LogP contribution in [0.2, 0.25) is 0 Å². The third kappa shape index (κ3) is 3.06. The van der Waals surface area contributed by atoms with Crippen LogP contribution in [0.3, 0.4) is 0 Å². The summed E-state index contributed by atoms with van der Waals surface area (Å²) in [5, 5.41) is 5.58. The van der Waals surface area contributed by atoms with Crippen molar-refractivity contribution in [2.75, 3.05) is 10.6 Å². The Morgan fingerprint density at radius 1 is 1.18 bits per heavy atom. The Morgan fingerprint density at radius 3 is 2.68 bits per heavy atom. The van der Waals surface area contributed by atoms with Crippen LogP contribution in [0.1, 0.15) is 6.42 Å². The summed E-state index contributed by atoms with van der Waals surface area (Å²) in [7, 11) is 0. The number of hydrogen-bond donors (Lipinski definition) is 2. The minimum Gasteiger partial charge on any atom is -0.423 e. The average molecular weight is 300 g/mol. The van der Waals surface area contributed by atoms with E-state index in [4.69, 9.17) is 4.74 Å². The van der Waals surface area contributed by atoms with Crippen LogP contribution in [0.25, 0.3) is 0 Å². The number of carbonyl (C=O) groups excluding carboxylic acids is 2. The van der Waals surface area contributed by atoms with E-state index in [-0.39, 0.29) is 18.1 Å². The van der Waals surface area contributed by atoms with Crippen molar-refractivity contribution < 1.29 is 18.7 Å². The van der Waals surface area contributed by atoms with E-state index >= 15 is 0 Å². The van der Waals surface area contributed by atoms with Gasteiger partial charge in [0.2, 0.25) is 5.91 Å². The van der Waals surface area contributed by atoms with Crippen LogP contribution in [0, 0.1) is 5.82 Å². The monoisotopic (exact) mass is 300 g/mol. The molecule has 22 heavy (non-hydrogen) atoms. The molecule has 0 radical (unpaired) electrons. The number of ether oxygens (including phenoxy) is 1. The first-order valence-electron chi connectivity index (χ1n) is 6.74. The second kappa shape index (κ2) is 5.85. The van der Waals surface area contributed by atoms with Crippen molar-refractivity contribution in [3.8, 4) is 5.75 Å². The van der Waals surface area contributed by atoms with Crippen LogP contribution in [0.4, 0.5) is 15.8 Å². The zero-order valence-corrected chi connectivity index (χ0v) is 11.5. The first-order valence-corrected chi connectivity index (χ1v) is 6.74. The van der Waals surface area contributed by atoms with Crippen molar-refractivity contribution in [3.05, 3.63) is 54.3 Å². The van der Waals surface area contributed by atoms with Gasteiger partial charge < -0.3 is 15.4 Å². The van der Waals surface area contributed by atoms with Gasteiger partial charge in [-0.3, -0.25) is 4.79 Å². The van der Waals surface area contributed by atoms with Crippen molar-refractivity contribution in [3.63, 3.8) is 0 Å². The largest absolute Gasteiger partial charge is 0.423 e. The summed E-state index contributed by atoms with van der Waals surface area (Å²) >= 11 is 0. The molecule has 0 spiro atoms. The zero-order chi connectivity index (χ0) is 15.5. The van der Waals surface area contributed by atoms with E-state index in [0.717, 1.165) is 0 Å². The summed E-state index contributed by atoms with van der Waals surface area (Å²) in [6.07, 6.45) is -0.0788. The molecule has 0 bridgehead atoms. The summed E-state index contributed by atoms with van der Waals surface area (Å²) in [6.45, 7) is 0. The minimum absolute atomic E-state index is 0.0788. The highest BCUT2D eigenvalue weighted by Crippen LogP contribution is 2.29. The van der Waals surface area contributed by atoms with E-state index in [1.165, 1.54) is 24.3 Å². The van der Waals surface area contributed by atoms with Crippen LogP contribution >= 0.6 is 0 Å². The maximum absolute atomic E-state index is 12.8. The van der Waals surface area contributed by atoms with E-state index in [1.54, 1.807) is 24.3 Å². The maximum Gasteiger partial charge on any atom is 0.334 e. The predicted molar refractivity (Wildman–Crippen MR) is 79.1 cm³/mol. The molecular weight excluding hydrogens is 287 g/mol. The molecule has 1 heterocycles. The number of esters is 1. The molecule has 5 nitrogen and oxygen atoms in total. The molecule has 1 amide bonds. The molecule has 1 atom stereocenters. The van der Waals surface area contributed by atoms with Crippen LogP contribution < -0.4 is 15.4 Å². The molecule has 0 saturated carbocycles. The molecular formula is C16H13FN2O3. The lowest BCUT2D eigenvalue weighted by Gasteiger charge is -2.24. The molecule has 3 rings (SSSR count). The molecule has 0 aromatic heterocycles. The minimum atomic E-state index is -0.754. The number of amides is 1. The first kappa shape index (κ1) is 14.1. The van der Waals surface area contributed by atoms with Gasteiger partial charge in [-0.2, -0.15) is 0 Å². The number of hydrogen-bond acceptors (Lipinski definition) is 4. The average Bonchev–Trinajstić information content (AvgIpc) is 2.50. The normalized spacial score (nSPS) is 16.2. The topological polar surface area (TPSA) is 67.4 Å². The van der Waals surface area contributed by atoms with E-state index in [1.807, 2.05) is 0 Å². The Morgan fingerprint density at radius 2 is 1.91 bits per heavy atom. The van der Waals surface area contributed by atoms with Crippen LogP contribution in [-0.4, -0.2) is 17.9 Å². The van der Waals surface area contributed by atoms with Gasteiger partial charge in [-0.15, -0.1) is 0 Å². The number of anilines is 2. The summed E-state index contributed by atoms with van der Waals surface area (Å²) in [4.78, 5) is 23.8. The molecule has 2 aromatic rings. The van der Waals surface area contributed by atoms with Gasteiger partial charge in [-0.25, -0.2) is 9.18 Å². The quantitative estimate of drug-likeness (QED) is 0.675. The summed E-state index contributed by atoms with van der Waals surface area (Å²) in [5.41, 5.74) is 1.14. The Hall–Kier alpha value is -2.89. The predicted octanol–water partition coefficient (Wildman–Crippen LogP) is 2.55. The maximum atomic E-state index is 12.8. The Labute approximate surface area is 126 Å². The number of para-hydroxylation sites is 2. The van der Waals surface area contributed by atoms with Crippen molar-refractivity contribution in [1.29, 1.82) is 0 Å². The fourth-order valence-corrected chi connectivity index (χ4v) is 2.17. The molecule has 1 aliphatic rings. The van der Waals surface area contributed by atoms with Gasteiger partial charge in [0.25, 0.3) is 0 Å². The van der Waals surface area contributed by atoms with Gasteiger partial charge in [0.15, 0.2) is 5.75 Å². The van der Waals surface area contributed by atoms with Gasteiger partial charge >= 0.3 is 5.97 Å². The Bertz CT molecular complexity index is 716. The number of benzene rings is 2. The molecule has 1 aliphatic heterocycles. The molecule has 0 saturated heterocycles. The standard InChI is InChI=1S/C16H13FN2O3/c17-10-5-7-11(8-6-10)18-15(20)9-13-16(21)22-14-4-2-1-3-12(14)19-13/h1-8,13,19H,9H2,(H,18,20)/t13-/m1/s1. The van der Waals surface area contributed by atoms with Crippen molar-refractivity contribution in [2.24, 2.45) is 0 Å². The lowest BCUT2D eigenvalue weighted by molar-refractivity contribution is -0.137. The summed E-state index contributed by atoms with van der Waals surface area (Å²) in [5.74, 6) is -0.803. The summed E-state index contributed by atoms with van der Waals surface area (Å²) in [6, 6.07) is 11.7. The Kier molecular flexibility index (Phi) is 3.74. The zero-order valence-electron chi connectivity index (χ0n) is 11.5. The van der Waals surface area contributed by atoms with Gasteiger partial charge in [0, 0.05) is 5.69 Å². The molecule has 0 unspecified atom stereocenters. The number of rotatable bonds is 3. The van der Waals surface area contributed by atoms with Crippen LogP contribution in [0.15, 0.2) is 48.5 Å².